The standard InChI is InChI=1S/C10H9BrFNO/c11-8-3-6(1-2-9(8)12)7-4-10(14)13-5-7/h1-3,7H,4-5H2,(H,13,14). The van der Waals surface area contributed by atoms with Crippen molar-refractivity contribution in [2.75, 3.05) is 6.54 Å². The molecule has 1 amide bonds. The van der Waals surface area contributed by atoms with Gasteiger partial charge < -0.3 is 5.32 Å². The Hall–Kier alpha value is -0.900. The Kier molecular flexibility index (Phi) is 2.54. The summed E-state index contributed by atoms with van der Waals surface area (Å²) in [7, 11) is 0. The third-order valence-corrected chi connectivity index (χ3v) is 3.00. The molecule has 1 aromatic rings. The van der Waals surface area contributed by atoms with Crippen molar-refractivity contribution in [1.82, 2.24) is 5.32 Å². The molecule has 74 valence electrons. The Morgan fingerprint density at radius 3 is 2.86 bits per heavy atom. The normalized spacial score (nSPS) is 21.0. The highest BCUT2D eigenvalue weighted by Crippen LogP contribution is 2.26. The van der Waals surface area contributed by atoms with E-state index in [-0.39, 0.29) is 17.6 Å². The van der Waals surface area contributed by atoms with Gasteiger partial charge in [-0.25, -0.2) is 4.39 Å². The van der Waals surface area contributed by atoms with Crippen LogP contribution in [0.3, 0.4) is 0 Å². The van der Waals surface area contributed by atoms with E-state index in [1.807, 2.05) is 0 Å². The number of benzene rings is 1. The zero-order chi connectivity index (χ0) is 10.1. The van der Waals surface area contributed by atoms with Gasteiger partial charge >= 0.3 is 0 Å². The van der Waals surface area contributed by atoms with Gasteiger partial charge in [0.2, 0.25) is 5.91 Å². The lowest BCUT2D eigenvalue weighted by atomic mass is 9.98. The van der Waals surface area contributed by atoms with Crippen molar-refractivity contribution in [3.63, 3.8) is 0 Å². The Morgan fingerprint density at radius 1 is 1.50 bits per heavy atom. The molecule has 0 aromatic heterocycles. The van der Waals surface area contributed by atoms with E-state index < -0.39 is 0 Å². The second kappa shape index (κ2) is 3.69. The van der Waals surface area contributed by atoms with Crippen LogP contribution in [0.2, 0.25) is 0 Å². The molecule has 1 aliphatic heterocycles. The van der Waals surface area contributed by atoms with Crippen molar-refractivity contribution in [3.8, 4) is 0 Å². The molecule has 1 saturated heterocycles. The van der Waals surface area contributed by atoms with Crippen LogP contribution in [0.5, 0.6) is 0 Å². The van der Waals surface area contributed by atoms with Crippen molar-refractivity contribution in [1.29, 1.82) is 0 Å². The van der Waals surface area contributed by atoms with E-state index in [1.165, 1.54) is 6.07 Å². The van der Waals surface area contributed by atoms with Crippen LogP contribution in [-0.4, -0.2) is 12.5 Å². The predicted octanol–water partition coefficient (Wildman–Crippen LogP) is 2.19. The topological polar surface area (TPSA) is 29.1 Å². The van der Waals surface area contributed by atoms with Crippen LogP contribution >= 0.6 is 15.9 Å². The molecule has 1 N–H and O–H groups in total. The van der Waals surface area contributed by atoms with Crippen molar-refractivity contribution < 1.29 is 9.18 Å². The fraction of sp³-hybridized carbons (Fsp3) is 0.300. The van der Waals surface area contributed by atoms with Gasteiger partial charge in [0.25, 0.3) is 0 Å². The SMILES string of the molecule is O=C1CC(c2ccc(F)c(Br)c2)CN1. The highest BCUT2D eigenvalue weighted by molar-refractivity contribution is 9.10. The Bertz CT molecular complexity index is 380. The number of hydrogen-bond acceptors (Lipinski definition) is 1. The number of carbonyl (C=O) groups excluding carboxylic acids is 1. The summed E-state index contributed by atoms with van der Waals surface area (Å²) in [6.07, 6.45) is 0.498. The lowest BCUT2D eigenvalue weighted by Crippen LogP contribution is -2.13. The summed E-state index contributed by atoms with van der Waals surface area (Å²) in [6, 6.07) is 4.88. The molecule has 0 bridgehead atoms. The lowest BCUT2D eigenvalue weighted by Gasteiger charge is -2.07. The van der Waals surface area contributed by atoms with E-state index in [9.17, 15) is 9.18 Å². The van der Waals surface area contributed by atoms with Crippen molar-refractivity contribution in [2.24, 2.45) is 0 Å². The second-order valence-electron chi connectivity index (χ2n) is 3.38. The number of nitrogens with one attached hydrogen (secondary N) is 1. The number of carbonyl (C=O) groups is 1. The number of hydrogen-bond donors (Lipinski definition) is 1. The summed E-state index contributed by atoms with van der Waals surface area (Å²) in [6.45, 7) is 0.650. The minimum Gasteiger partial charge on any atom is -0.355 e. The molecule has 0 radical (unpaired) electrons. The van der Waals surface area contributed by atoms with Gasteiger partial charge in [0.15, 0.2) is 0 Å². The third-order valence-electron chi connectivity index (χ3n) is 2.39. The van der Waals surface area contributed by atoms with E-state index in [2.05, 4.69) is 21.2 Å². The summed E-state index contributed by atoms with van der Waals surface area (Å²) >= 11 is 3.13. The summed E-state index contributed by atoms with van der Waals surface area (Å²) < 4.78 is 13.4. The average Bonchev–Trinajstić information content (AvgIpc) is 2.57. The molecule has 2 nitrogen and oxygen atoms in total. The van der Waals surface area contributed by atoms with Crippen LogP contribution in [-0.2, 0) is 4.79 Å². The number of halogens is 2. The van der Waals surface area contributed by atoms with Gasteiger partial charge in [-0.15, -0.1) is 0 Å². The van der Waals surface area contributed by atoms with Gasteiger partial charge in [0.1, 0.15) is 5.82 Å². The second-order valence-corrected chi connectivity index (χ2v) is 4.23. The smallest absolute Gasteiger partial charge is 0.220 e. The minimum atomic E-state index is -0.272. The van der Waals surface area contributed by atoms with Gasteiger partial charge in [-0.2, -0.15) is 0 Å². The largest absolute Gasteiger partial charge is 0.355 e. The zero-order valence-electron chi connectivity index (χ0n) is 7.39. The van der Waals surface area contributed by atoms with Gasteiger partial charge in [0.05, 0.1) is 4.47 Å². The van der Waals surface area contributed by atoms with Gasteiger partial charge in [-0.05, 0) is 33.6 Å². The van der Waals surface area contributed by atoms with E-state index in [0.717, 1.165) is 5.56 Å². The molecular weight excluding hydrogens is 249 g/mol. The highest BCUT2D eigenvalue weighted by atomic mass is 79.9. The molecule has 0 saturated carbocycles. The maximum Gasteiger partial charge on any atom is 0.220 e. The Morgan fingerprint density at radius 2 is 2.29 bits per heavy atom. The first-order chi connectivity index (χ1) is 6.66. The van der Waals surface area contributed by atoms with Crippen molar-refractivity contribution >= 4 is 21.8 Å². The Balaban J connectivity index is 2.24. The average molecular weight is 258 g/mol. The molecule has 1 aliphatic rings. The molecule has 4 heteroatoms. The van der Waals surface area contributed by atoms with E-state index in [0.29, 0.717) is 17.4 Å². The Labute approximate surface area is 89.6 Å². The summed E-state index contributed by atoms with van der Waals surface area (Å²) in [5.74, 6) is -0.0270. The molecule has 1 unspecified atom stereocenters. The molecule has 1 fully saturated rings. The van der Waals surface area contributed by atoms with Crippen LogP contribution < -0.4 is 5.32 Å². The first-order valence-corrected chi connectivity index (χ1v) is 5.18. The van der Waals surface area contributed by atoms with Crippen LogP contribution in [0.4, 0.5) is 4.39 Å². The molecule has 2 rings (SSSR count). The lowest BCUT2D eigenvalue weighted by molar-refractivity contribution is -0.119. The van der Waals surface area contributed by atoms with Crippen molar-refractivity contribution in [3.05, 3.63) is 34.1 Å². The van der Waals surface area contributed by atoms with Gasteiger partial charge in [-0.3, -0.25) is 4.79 Å². The molecule has 1 atom stereocenters. The zero-order valence-corrected chi connectivity index (χ0v) is 8.97. The van der Waals surface area contributed by atoms with Crippen LogP contribution in [0.1, 0.15) is 17.9 Å². The summed E-state index contributed by atoms with van der Waals surface area (Å²) in [4.78, 5) is 11.0. The first kappa shape index (κ1) is 9.65. The van der Waals surface area contributed by atoms with Crippen LogP contribution in [0.25, 0.3) is 0 Å². The number of rotatable bonds is 1. The van der Waals surface area contributed by atoms with E-state index >= 15 is 0 Å². The van der Waals surface area contributed by atoms with E-state index in [1.54, 1.807) is 12.1 Å². The molecule has 0 spiro atoms. The quantitative estimate of drug-likeness (QED) is 0.821. The number of amides is 1. The van der Waals surface area contributed by atoms with Crippen LogP contribution in [0.15, 0.2) is 22.7 Å². The van der Waals surface area contributed by atoms with Gasteiger partial charge in [-0.1, -0.05) is 6.07 Å². The van der Waals surface area contributed by atoms with Crippen molar-refractivity contribution in [2.45, 2.75) is 12.3 Å². The highest BCUT2D eigenvalue weighted by Gasteiger charge is 2.23. The molecule has 14 heavy (non-hydrogen) atoms. The molecule has 0 aliphatic carbocycles. The third kappa shape index (κ3) is 1.80. The summed E-state index contributed by atoms with van der Waals surface area (Å²) in [5, 5.41) is 2.75. The molecule has 1 aromatic carbocycles. The monoisotopic (exact) mass is 257 g/mol. The first-order valence-electron chi connectivity index (χ1n) is 4.38. The maximum atomic E-state index is 12.9. The fourth-order valence-corrected chi connectivity index (χ4v) is 2.00. The van der Waals surface area contributed by atoms with Gasteiger partial charge in [0, 0.05) is 18.9 Å². The van der Waals surface area contributed by atoms with E-state index in [4.69, 9.17) is 0 Å². The minimum absolute atomic E-state index is 0.0652. The fourth-order valence-electron chi connectivity index (χ4n) is 1.61. The predicted molar refractivity (Wildman–Crippen MR) is 54.5 cm³/mol. The van der Waals surface area contributed by atoms with Crippen LogP contribution in [0, 0.1) is 5.82 Å². The summed E-state index contributed by atoms with van der Waals surface area (Å²) in [5.41, 5.74) is 0.997. The maximum absolute atomic E-state index is 12.9. The molecular formula is C10H9BrFNO. The molecule has 1 heterocycles.